The second kappa shape index (κ2) is 8.57. The summed E-state index contributed by atoms with van der Waals surface area (Å²) in [5, 5.41) is 0. The molecule has 0 aromatic heterocycles. The third-order valence-electron chi connectivity index (χ3n) is 4.26. The Kier molecular flexibility index (Phi) is 5.71. The molecule has 1 aliphatic heterocycles. The summed E-state index contributed by atoms with van der Waals surface area (Å²) in [6, 6.07) is 21.4. The number of hydrogen-bond donors (Lipinski definition) is 0. The van der Waals surface area contributed by atoms with Crippen LogP contribution in [0.3, 0.4) is 0 Å². The van der Waals surface area contributed by atoms with Crippen LogP contribution in [0.1, 0.15) is 16.7 Å². The number of halogens is 2. The molecule has 29 heavy (non-hydrogen) atoms. The van der Waals surface area contributed by atoms with Crippen LogP contribution in [0, 0.1) is 9.39 Å². The fourth-order valence-corrected chi connectivity index (χ4v) is 3.30. The third kappa shape index (κ3) is 4.54. The number of esters is 1. The lowest BCUT2D eigenvalue weighted by Gasteiger charge is -2.08. The van der Waals surface area contributed by atoms with E-state index in [1.54, 1.807) is 18.2 Å². The molecule has 1 aliphatic rings. The largest absolute Gasteiger partial charge is 0.489 e. The normalized spacial score (nSPS) is 14.6. The Morgan fingerprint density at radius 1 is 1.00 bits per heavy atom. The number of benzene rings is 3. The van der Waals surface area contributed by atoms with E-state index < -0.39 is 11.8 Å². The first kappa shape index (κ1) is 19.3. The van der Waals surface area contributed by atoms with Gasteiger partial charge < -0.3 is 9.47 Å². The van der Waals surface area contributed by atoms with E-state index in [0.29, 0.717) is 6.61 Å². The average molecular weight is 499 g/mol. The van der Waals surface area contributed by atoms with Gasteiger partial charge in [0, 0.05) is 9.13 Å². The van der Waals surface area contributed by atoms with E-state index in [4.69, 9.17) is 9.47 Å². The maximum Gasteiger partial charge on any atom is 0.363 e. The number of aliphatic imine (C=N–C) groups is 1. The van der Waals surface area contributed by atoms with Gasteiger partial charge >= 0.3 is 5.97 Å². The van der Waals surface area contributed by atoms with Crippen molar-refractivity contribution in [3.05, 3.63) is 105 Å². The van der Waals surface area contributed by atoms with Crippen molar-refractivity contribution in [3.63, 3.8) is 0 Å². The van der Waals surface area contributed by atoms with E-state index in [1.807, 2.05) is 48.5 Å². The van der Waals surface area contributed by atoms with E-state index in [2.05, 4.69) is 27.6 Å². The van der Waals surface area contributed by atoms with E-state index >= 15 is 0 Å². The lowest BCUT2D eigenvalue weighted by Crippen LogP contribution is -2.07. The maximum absolute atomic E-state index is 13.9. The summed E-state index contributed by atoms with van der Waals surface area (Å²) >= 11 is 2.28. The van der Waals surface area contributed by atoms with Gasteiger partial charge in [0.2, 0.25) is 5.90 Å². The summed E-state index contributed by atoms with van der Waals surface area (Å²) in [5.41, 5.74) is 2.15. The standard InChI is InChI=1S/C23H15FINO3/c24-19-7-3-2-6-18(19)22-26-21(23(27)29-22)13-15-9-11-17(12-10-15)28-14-16-5-1-4-8-20(16)25/h1-13H,14H2/b21-13-. The number of nitrogens with zero attached hydrogens (tertiary/aromatic N) is 1. The Morgan fingerprint density at radius 2 is 1.72 bits per heavy atom. The summed E-state index contributed by atoms with van der Waals surface area (Å²) in [6.07, 6.45) is 1.60. The van der Waals surface area contributed by atoms with Gasteiger partial charge in [-0.15, -0.1) is 0 Å². The first-order valence-electron chi connectivity index (χ1n) is 8.84. The van der Waals surface area contributed by atoms with E-state index in [0.717, 1.165) is 20.4 Å². The first-order valence-corrected chi connectivity index (χ1v) is 9.92. The van der Waals surface area contributed by atoms with Crippen molar-refractivity contribution in [1.82, 2.24) is 0 Å². The van der Waals surface area contributed by atoms with E-state index in [1.165, 1.54) is 12.1 Å². The molecule has 4 nitrogen and oxygen atoms in total. The van der Waals surface area contributed by atoms with Gasteiger partial charge in [-0.25, -0.2) is 14.2 Å². The molecule has 0 atom stereocenters. The minimum absolute atomic E-state index is 0.0308. The van der Waals surface area contributed by atoms with Gasteiger partial charge in [0.25, 0.3) is 0 Å². The molecule has 0 fully saturated rings. The second-order valence-electron chi connectivity index (χ2n) is 6.27. The van der Waals surface area contributed by atoms with Crippen LogP contribution >= 0.6 is 22.6 Å². The highest BCUT2D eigenvalue weighted by molar-refractivity contribution is 14.1. The molecular formula is C23H15FINO3. The van der Waals surface area contributed by atoms with Crippen LogP contribution in [-0.2, 0) is 16.1 Å². The van der Waals surface area contributed by atoms with Crippen LogP contribution in [0.4, 0.5) is 4.39 Å². The molecule has 0 radical (unpaired) electrons. The number of rotatable bonds is 5. The number of carbonyl (C=O) groups is 1. The average Bonchev–Trinajstić information content (AvgIpc) is 3.09. The fraction of sp³-hybridized carbons (Fsp3) is 0.0435. The van der Waals surface area contributed by atoms with Gasteiger partial charge in [-0.3, -0.25) is 0 Å². The van der Waals surface area contributed by atoms with Gasteiger partial charge in [0.05, 0.1) is 5.56 Å². The van der Waals surface area contributed by atoms with Gasteiger partial charge in [0.15, 0.2) is 5.70 Å². The summed E-state index contributed by atoms with van der Waals surface area (Å²) in [4.78, 5) is 16.2. The van der Waals surface area contributed by atoms with Crippen LogP contribution in [0.25, 0.3) is 6.08 Å². The Bertz CT molecular complexity index is 1120. The molecular weight excluding hydrogens is 484 g/mol. The Hall–Kier alpha value is -3.00. The molecule has 0 N–H and O–H groups in total. The zero-order valence-electron chi connectivity index (χ0n) is 15.1. The molecule has 0 unspecified atom stereocenters. The Labute approximate surface area is 180 Å². The van der Waals surface area contributed by atoms with E-state index in [-0.39, 0.29) is 17.2 Å². The zero-order valence-corrected chi connectivity index (χ0v) is 17.3. The Balaban J connectivity index is 1.48. The van der Waals surface area contributed by atoms with Gasteiger partial charge in [0.1, 0.15) is 18.2 Å². The number of hydrogen-bond acceptors (Lipinski definition) is 4. The molecule has 0 spiro atoms. The second-order valence-corrected chi connectivity index (χ2v) is 7.43. The highest BCUT2D eigenvalue weighted by Crippen LogP contribution is 2.22. The first-order chi connectivity index (χ1) is 14.1. The summed E-state index contributed by atoms with van der Waals surface area (Å²) in [7, 11) is 0. The Morgan fingerprint density at radius 3 is 2.48 bits per heavy atom. The maximum atomic E-state index is 13.9. The van der Waals surface area contributed by atoms with Crippen molar-refractivity contribution in [1.29, 1.82) is 0 Å². The molecule has 0 saturated carbocycles. The van der Waals surface area contributed by atoms with Crippen LogP contribution in [0.15, 0.2) is 83.5 Å². The lowest BCUT2D eigenvalue weighted by atomic mass is 10.2. The molecule has 144 valence electrons. The quantitative estimate of drug-likeness (QED) is 0.270. The molecule has 3 aromatic carbocycles. The summed E-state index contributed by atoms with van der Waals surface area (Å²) in [6.45, 7) is 0.474. The molecule has 1 heterocycles. The topological polar surface area (TPSA) is 47.9 Å². The predicted molar refractivity (Wildman–Crippen MR) is 117 cm³/mol. The molecule has 0 amide bonds. The molecule has 6 heteroatoms. The van der Waals surface area contributed by atoms with Crippen LogP contribution in [-0.4, -0.2) is 11.9 Å². The zero-order chi connectivity index (χ0) is 20.2. The molecule has 3 aromatic rings. The van der Waals surface area contributed by atoms with Crippen LogP contribution in [0.2, 0.25) is 0 Å². The SMILES string of the molecule is O=C1OC(c2ccccc2F)=N/C1=C\c1ccc(OCc2ccccc2I)cc1. The number of cyclic esters (lactones) is 1. The smallest absolute Gasteiger partial charge is 0.363 e. The summed E-state index contributed by atoms with van der Waals surface area (Å²) < 4.78 is 26.0. The summed E-state index contributed by atoms with van der Waals surface area (Å²) in [5.74, 6) is -0.412. The van der Waals surface area contributed by atoms with Crippen molar-refractivity contribution < 1.29 is 18.7 Å². The molecule has 0 aliphatic carbocycles. The number of carbonyl (C=O) groups excluding carboxylic acids is 1. The highest BCUT2D eigenvalue weighted by Gasteiger charge is 2.25. The monoisotopic (exact) mass is 499 g/mol. The number of ether oxygens (including phenoxy) is 2. The van der Waals surface area contributed by atoms with Crippen molar-refractivity contribution >= 4 is 40.5 Å². The molecule has 0 bridgehead atoms. The van der Waals surface area contributed by atoms with Crippen molar-refractivity contribution in [2.24, 2.45) is 4.99 Å². The van der Waals surface area contributed by atoms with Crippen LogP contribution in [0.5, 0.6) is 5.75 Å². The van der Waals surface area contributed by atoms with Crippen molar-refractivity contribution in [2.75, 3.05) is 0 Å². The highest BCUT2D eigenvalue weighted by atomic mass is 127. The predicted octanol–water partition coefficient (Wildman–Crippen LogP) is 5.35. The minimum Gasteiger partial charge on any atom is -0.489 e. The third-order valence-corrected chi connectivity index (χ3v) is 5.31. The lowest BCUT2D eigenvalue weighted by molar-refractivity contribution is -0.129. The van der Waals surface area contributed by atoms with Gasteiger partial charge in [-0.1, -0.05) is 42.5 Å². The fourth-order valence-electron chi connectivity index (χ4n) is 2.75. The van der Waals surface area contributed by atoms with Gasteiger partial charge in [-0.05, 0) is 64.6 Å². The van der Waals surface area contributed by atoms with Crippen LogP contribution < -0.4 is 4.74 Å². The van der Waals surface area contributed by atoms with Crippen molar-refractivity contribution in [2.45, 2.75) is 6.61 Å². The van der Waals surface area contributed by atoms with Gasteiger partial charge in [-0.2, -0.15) is 0 Å². The minimum atomic E-state index is -0.609. The molecule has 0 saturated heterocycles. The van der Waals surface area contributed by atoms with E-state index in [9.17, 15) is 9.18 Å². The van der Waals surface area contributed by atoms with Crippen molar-refractivity contribution in [3.8, 4) is 5.75 Å². The molecule has 4 rings (SSSR count).